The molecule has 0 aliphatic rings. The SMILES string of the molecule is CC(=O)N[C@@H](CO)C(=O)NCC(=O)N[C@@H](CCCNC(=N)N)C(=O)N[C@@H](CCCCN)C(=O)NCC(=O)NCC(=O)N[C@@H](CCCCN)C(=O)N[C@@H](CC(C)C)C(=O)NCC(=O)N[C@@H](CCCCN)C(=O)NCC(=O)NCC(=O)N[C@@H](C)C(=O)N[C@@H](CCCCN)C(=O)N[C@@H](CCCNC(=N)N)C(=O)N[C@@H](Cc1c[nH]cn1)C(=O)N[C@@H](CCCNC(=N)N)C(=O)N[C@@H](CCCCN)C(=O)N[C@H](C(=O)O)C(C)C.O=C(O)C(F)(F)F. The summed E-state index contributed by atoms with van der Waals surface area (Å²) in [5.74, 6) is -22.8. The first-order valence-electron chi connectivity index (χ1n) is 48.7. The fourth-order valence-corrected chi connectivity index (χ4v) is 13.6. The van der Waals surface area contributed by atoms with Gasteiger partial charge in [-0.1, -0.05) is 27.7 Å². The number of alkyl halides is 3. The van der Waals surface area contributed by atoms with E-state index in [1.807, 2.05) is 0 Å². The molecule has 1 aromatic rings. The highest BCUT2D eigenvalue weighted by Gasteiger charge is 2.40. The fraction of sp³-hybridized carbons (Fsp3) is 0.690. The number of aromatic amines is 1. The average Bonchev–Trinajstić information content (AvgIpc) is 1.54. The highest BCUT2D eigenvalue weighted by molar-refractivity contribution is 6.01. The molecule has 62 heteroatoms. The summed E-state index contributed by atoms with van der Waals surface area (Å²) in [4.78, 5) is 287. The number of hydrogen-bond acceptors (Lipinski definition) is 31. The summed E-state index contributed by atoms with van der Waals surface area (Å²) in [7, 11) is 0. The average molecular weight is 2130 g/mol. The molecule has 0 bridgehead atoms. The van der Waals surface area contributed by atoms with E-state index in [9.17, 15) is 119 Å². The molecule has 149 heavy (non-hydrogen) atoms. The normalized spacial score (nSPS) is 13.6. The zero-order chi connectivity index (χ0) is 113. The Morgan fingerprint density at radius 2 is 0.611 bits per heavy atom. The van der Waals surface area contributed by atoms with Crippen LogP contribution in [0.1, 0.15) is 188 Å². The van der Waals surface area contributed by atoms with Crippen LogP contribution in [0.2, 0.25) is 0 Å². The summed E-state index contributed by atoms with van der Waals surface area (Å²) in [5, 5.41) is 104. The van der Waals surface area contributed by atoms with Crippen LogP contribution >= 0.6 is 0 Å². The number of nitrogens with zero attached hydrogens (tertiary/aromatic N) is 1. The zero-order valence-corrected chi connectivity index (χ0v) is 84.8. The zero-order valence-electron chi connectivity index (χ0n) is 84.8. The number of aromatic nitrogens is 2. The molecule has 13 atom stereocenters. The molecule has 0 saturated heterocycles. The van der Waals surface area contributed by atoms with E-state index in [1.165, 1.54) is 19.4 Å². The highest BCUT2D eigenvalue weighted by Crippen LogP contribution is 2.16. The van der Waals surface area contributed by atoms with Crippen molar-refractivity contribution in [2.75, 3.05) is 98.2 Å². The number of aliphatic hydroxyl groups excluding tert-OH is 1. The summed E-state index contributed by atoms with van der Waals surface area (Å²) in [6.45, 7) is 4.93. The summed E-state index contributed by atoms with van der Waals surface area (Å²) >= 11 is 0. The number of carboxylic acids is 2. The van der Waals surface area contributed by atoms with Crippen LogP contribution in [0.3, 0.4) is 0 Å². The minimum atomic E-state index is -5.08. The predicted octanol–water partition coefficient (Wildman–Crippen LogP) is -12.2. The number of hydrogen-bond donors (Lipinski definition) is 37. The number of nitrogens with two attached hydrogens (primary N) is 8. The third-order valence-corrected chi connectivity index (χ3v) is 21.5. The Morgan fingerprint density at radius 1 is 0.342 bits per heavy atom. The number of imidazole rings is 1. The van der Waals surface area contributed by atoms with Gasteiger partial charge in [0.25, 0.3) is 0 Å². The molecule has 45 N–H and O–H groups in total. The number of H-pyrrole nitrogens is 1. The molecule has 0 unspecified atom stereocenters. The number of carbonyl (C=O) groups excluding carboxylic acids is 19. The Balaban J connectivity index is 0.0000301. The number of carbonyl (C=O) groups is 21. The molecule has 1 heterocycles. The third-order valence-electron chi connectivity index (χ3n) is 21.5. The molecule has 0 saturated carbocycles. The van der Waals surface area contributed by atoms with Crippen molar-refractivity contribution in [2.24, 2.45) is 57.7 Å². The van der Waals surface area contributed by atoms with Crippen LogP contribution < -0.4 is 163 Å². The van der Waals surface area contributed by atoms with E-state index in [1.54, 1.807) is 27.7 Å². The smallest absolute Gasteiger partial charge is 0.480 e. The van der Waals surface area contributed by atoms with Crippen molar-refractivity contribution >= 4 is 142 Å². The van der Waals surface area contributed by atoms with Crippen molar-refractivity contribution in [2.45, 2.75) is 274 Å². The summed E-state index contributed by atoms with van der Waals surface area (Å²) in [6.07, 6.45) is 0.576. The van der Waals surface area contributed by atoms with Crippen molar-refractivity contribution in [3.63, 3.8) is 0 Å². The first-order chi connectivity index (χ1) is 70.3. The van der Waals surface area contributed by atoms with Gasteiger partial charge < -0.3 is 183 Å². The number of halogens is 3. The number of guanidine groups is 3. The highest BCUT2D eigenvalue weighted by atomic mass is 19.4. The number of nitrogens with one attached hydrogen (secondary N) is 26. The van der Waals surface area contributed by atoms with Crippen molar-refractivity contribution in [3.05, 3.63) is 18.2 Å². The summed E-state index contributed by atoms with van der Waals surface area (Å²) in [5.41, 5.74) is 45.4. The van der Waals surface area contributed by atoms with E-state index in [2.05, 4.69) is 127 Å². The van der Waals surface area contributed by atoms with E-state index in [-0.39, 0.29) is 166 Å². The van der Waals surface area contributed by atoms with Gasteiger partial charge in [-0.15, -0.1) is 0 Å². The fourth-order valence-electron chi connectivity index (χ4n) is 13.6. The van der Waals surface area contributed by atoms with Gasteiger partial charge in [0, 0.05) is 39.2 Å². The van der Waals surface area contributed by atoms with E-state index in [0.29, 0.717) is 51.4 Å². The van der Waals surface area contributed by atoms with E-state index >= 15 is 0 Å². The molecule has 0 aliphatic carbocycles. The molecule has 59 nitrogen and oxygen atoms in total. The second-order valence-corrected chi connectivity index (χ2v) is 35.1. The lowest BCUT2D eigenvalue weighted by molar-refractivity contribution is -0.192. The molecule has 0 fully saturated rings. The number of aliphatic hydroxyl groups is 1. The third kappa shape index (κ3) is 62.3. The van der Waals surface area contributed by atoms with Crippen LogP contribution in [0.4, 0.5) is 13.2 Å². The van der Waals surface area contributed by atoms with Gasteiger partial charge >= 0.3 is 18.1 Å². The topological polar surface area (TPSA) is 992 Å². The lowest BCUT2D eigenvalue weighted by atomic mass is 10.0. The van der Waals surface area contributed by atoms with Gasteiger partial charge in [-0.25, -0.2) is 14.6 Å². The number of amides is 19. The molecule has 1 aromatic heterocycles. The maximum absolute atomic E-state index is 14.7. The van der Waals surface area contributed by atoms with Gasteiger partial charge in [-0.05, 0) is 193 Å². The van der Waals surface area contributed by atoms with Gasteiger partial charge in [-0.3, -0.25) is 107 Å². The maximum atomic E-state index is 14.7. The summed E-state index contributed by atoms with van der Waals surface area (Å²) < 4.78 is 31.7. The van der Waals surface area contributed by atoms with Gasteiger partial charge in [0.1, 0.15) is 78.5 Å². The van der Waals surface area contributed by atoms with Crippen molar-refractivity contribution < 1.29 is 129 Å². The van der Waals surface area contributed by atoms with Gasteiger partial charge in [0.05, 0.1) is 57.9 Å². The molecule has 19 amide bonds. The Morgan fingerprint density at radius 3 is 0.906 bits per heavy atom. The molecule has 0 aromatic carbocycles. The monoisotopic (exact) mass is 2130 g/mol. The van der Waals surface area contributed by atoms with Crippen LogP contribution in [0.25, 0.3) is 0 Å². The van der Waals surface area contributed by atoms with Crippen molar-refractivity contribution in [3.8, 4) is 0 Å². The van der Waals surface area contributed by atoms with Crippen LogP contribution in [-0.2, 0) is 107 Å². The molecule has 844 valence electrons. The van der Waals surface area contributed by atoms with Crippen LogP contribution in [0, 0.1) is 28.1 Å². The Labute approximate surface area is 859 Å². The van der Waals surface area contributed by atoms with E-state index in [0.717, 1.165) is 6.92 Å². The molecule has 0 spiro atoms. The van der Waals surface area contributed by atoms with E-state index < -0.39 is 273 Å². The predicted molar refractivity (Wildman–Crippen MR) is 531 cm³/mol. The minimum absolute atomic E-state index is 0.00293. The van der Waals surface area contributed by atoms with Crippen molar-refractivity contribution in [1.29, 1.82) is 16.2 Å². The molecule has 0 radical (unpaired) electrons. The molecule has 1 rings (SSSR count). The molecule has 0 aliphatic heterocycles. The van der Waals surface area contributed by atoms with Gasteiger partial charge in [-0.2, -0.15) is 13.2 Å². The number of carboxylic acid groups (broad SMARTS) is 2. The summed E-state index contributed by atoms with van der Waals surface area (Å²) in [6, 6.07) is -18.0. The standard InChI is InChI=1S/C85H155N35O22.C2HF3O2/c1-47(2)36-60(118-76(135)54(22-9-14-30-88)111-66(126)42-102-64(124)40-104-72(131)53(21-8-13-29-87)114-75(134)55(25-17-33-98-83(91)92)112-68(128)44-106-74(133)62(45-121)109-50(6)122)73(132)105-43-67(127)110-52(20-7-12-28-86)71(130)103-39-63(123)101-41-65(125)108-49(5)70(129)113-56(23-10-15-31-89)77(136)116-59(27-19-35-100-85(95)96)79(138)119-61(37-51-38-97-46-107-51)81(140)117-58(26-18-34-99-84(93)94)78(137)115-57(24-11-16-32-90)80(139)120-69(48(3)4)82(141)142;3-2(4,5)1(6)7/h38,46-49,52-62,69,121H,7-37,39-45,86-90H2,1-6H3,(H,97,107)(H,101,123)(H,102,124)(H,103,130)(H,104,131)(H,105,132)(H,106,133)(H,108,125)(H,109,122)(H,110,127)(H,111,126)(H,112,128)(H,113,129)(H,114,134)(H,115,137)(H,116,136)(H,117,140)(H,118,135)(H,119,138)(H,120,139)(H,141,142)(H4,91,92,98)(H4,93,94,99)(H4,95,96,100);(H,6,7)/t49-,52-,53-,54-,55-,56-,57-,58-,59-,60-,61-,62-,69-;/m0./s1. The van der Waals surface area contributed by atoms with Gasteiger partial charge in [0.2, 0.25) is 112 Å². The quantitative estimate of drug-likeness (QED) is 0.0164. The van der Waals surface area contributed by atoms with Crippen LogP contribution in [0.5, 0.6) is 0 Å². The largest absolute Gasteiger partial charge is 0.490 e. The van der Waals surface area contributed by atoms with E-state index in [4.69, 9.17) is 72.0 Å². The lowest BCUT2D eigenvalue weighted by Gasteiger charge is -2.28. The second kappa shape index (κ2) is 76.0. The first-order valence-corrected chi connectivity index (χ1v) is 48.7. The van der Waals surface area contributed by atoms with Crippen LogP contribution in [0.15, 0.2) is 12.5 Å². The van der Waals surface area contributed by atoms with Crippen LogP contribution in [-0.4, -0.2) is 350 Å². The number of unbranched alkanes of at least 4 members (excludes halogenated alkanes) is 5. The lowest BCUT2D eigenvalue weighted by Crippen LogP contribution is -2.60. The Hall–Kier alpha value is -14.6. The molecular weight excluding hydrogens is 1980 g/mol. The molecular formula is C87H156F3N35O24. The number of rotatable bonds is 76. The Kier molecular flexibility index (Phi) is 68.6. The Bertz CT molecular complexity index is 4470. The maximum Gasteiger partial charge on any atom is 0.490 e. The van der Waals surface area contributed by atoms with Gasteiger partial charge in [0.15, 0.2) is 17.9 Å². The van der Waals surface area contributed by atoms with Crippen molar-refractivity contribution in [1.82, 2.24) is 127 Å². The number of aliphatic carboxylic acids is 2. The minimum Gasteiger partial charge on any atom is -0.480 e. The first kappa shape index (κ1) is 134. The second-order valence-electron chi connectivity index (χ2n) is 35.1.